The van der Waals surface area contributed by atoms with Gasteiger partial charge in [0.25, 0.3) is 0 Å². The molecule has 3 heteroatoms. The van der Waals surface area contributed by atoms with Crippen molar-refractivity contribution in [1.29, 1.82) is 0 Å². The van der Waals surface area contributed by atoms with Gasteiger partial charge in [-0.1, -0.05) is 152 Å². The van der Waals surface area contributed by atoms with Gasteiger partial charge in [0.1, 0.15) is 0 Å². The first kappa shape index (κ1) is 32.4. The molecule has 0 N–H and O–H groups in total. The summed E-state index contributed by atoms with van der Waals surface area (Å²) < 4.78 is 30.5. The Morgan fingerprint density at radius 2 is 0.873 bits per heavy atom. The molecular formula is C52H38O2S. The summed E-state index contributed by atoms with van der Waals surface area (Å²) in [5.41, 5.74) is 18.7. The third-order valence-corrected chi connectivity index (χ3v) is 14.7. The summed E-state index contributed by atoms with van der Waals surface area (Å²) in [7, 11) is -3.97. The number of sulfone groups is 1. The second kappa shape index (κ2) is 11.3. The molecule has 0 bridgehead atoms. The van der Waals surface area contributed by atoms with E-state index < -0.39 is 20.7 Å². The van der Waals surface area contributed by atoms with Gasteiger partial charge in [-0.2, -0.15) is 0 Å². The highest BCUT2D eigenvalue weighted by molar-refractivity contribution is 7.91. The monoisotopic (exact) mass is 726 g/mol. The predicted molar refractivity (Wildman–Crippen MR) is 223 cm³/mol. The smallest absolute Gasteiger partial charge is 0.206 e. The number of aryl methyl sites for hydroxylation is 1. The molecule has 0 aromatic heterocycles. The van der Waals surface area contributed by atoms with Crippen LogP contribution in [-0.4, -0.2) is 8.42 Å². The van der Waals surface area contributed by atoms with Crippen LogP contribution in [0.1, 0.15) is 70.3 Å². The van der Waals surface area contributed by atoms with Crippen molar-refractivity contribution in [2.24, 2.45) is 0 Å². The Morgan fingerprint density at radius 3 is 1.38 bits per heavy atom. The second-order valence-electron chi connectivity index (χ2n) is 15.4. The van der Waals surface area contributed by atoms with E-state index in [4.69, 9.17) is 0 Å². The number of rotatable bonds is 4. The van der Waals surface area contributed by atoms with Crippen LogP contribution < -0.4 is 0 Å². The minimum atomic E-state index is -3.97. The Hall–Kier alpha value is -6.03. The van der Waals surface area contributed by atoms with Gasteiger partial charge in [-0.05, 0) is 134 Å². The molecule has 7 aromatic carbocycles. The topological polar surface area (TPSA) is 34.1 Å². The molecule has 0 saturated heterocycles. The molecule has 2 nitrogen and oxygen atoms in total. The lowest BCUT2D eigenvalue weighted by molar-refractivity contribution is 0.595. The van der Waals surface area contributed by atoms with E-state index in [1.165, 1.54) is 61.2 Å². The molecule has 0 heterocycles. The molecule has 4 aliphatic rings. The fourth-order valence-corrected chi connectivity index (χ4v) is 12.3. The largest absolute Gasteiger partial charge is 0.219 e. The number of benzene rings is 7. The van der Waals surface area contributed by atoms with Crippen LogP contribution in [0.4, 0.5) is 0 Å². The lowest BCUT2D eigenvalue weighted by atomic mass is 9.69. The summed E-state index contributed by atoms with van der Waals surface area (Å²) in [4.78, 5) is 0.632. The third kappa shape index (κ3) is 3.86. The summed E-state index contributed by atoms with van der Waals surface area (Å²) >= 11 is 0. The van der Waals surface area contributed by atoms with Gasteiger partial charge in [0, 0.05) is 0 Å². The Bertz CT molecular complexity index is 2970. The lowest BCUT2D eigenvalue weighted by Crippen LogP contribution is -2.27. The molecule has 4 aliphatic carbocycles. The van der Waals surface area contributed by atoms with E-state index in [-0.39, 0.29) is 0 Å². The zero-order chi connectivity index (χ0) is 37.3. The molecule has 55 heavy (non-hydrogen) atoms. The summed E-state index contributed by atoms with van der Waals surface area (Å²) in [6, 6.07) is 53.1. The van der Waals surface area contributed by atoms with Gasteiger partial charge < -0.3 is 0 Å². The van der Waals surface area contributed by atoms with Gasteiger partial charge in [-0.15, -0.1) is 0 Å². The van der Waals surface area contributed by atoms with E-state index in [1.807, 2.05) is 30.3 Å². The highest BCUT2D eigenvalue weighted by Gasteiger charge is 2.54. The Kier molecular flexibility index (Phi) is 6.63. The third-order valence-electron chi connectivity index (χ3n) is 12.9. The van der Waals surface area contributed by atoms with Crippen molar-refractivity contribution in [3.05, 3.63) is 219 Å². The average molecular weight is 727 g/mol. The highest BCUT2D eigenvalue weighted by atomic mass is 32.2. The summed E-state index contributed by atoms with van der Waals surface area (Å²) in [5, 5.41) is 0. The van der Waals surface area contributed by atoms with Crippen LogP contribution in [0.15, 0.2) is 179 Å². The Morgan fingerprint density at radius 1 is 0.473 bits per heavy atom. The van der Waals surface area contributed by atoms with Gasteiger partial charge in [0.2, 0.25) is 9.84 Å². The maximum atomic E-state index is 15.3. The van der Waals surface area contributed by atoms with E-state index in [1.54, 1.807) is 0 Å². The van der Waals surface area contributed by atoms with Crippen LogP contribution in [0.5, 0.6) is 0 Å². The van der Waals surface area contributed by atoms with Gasteiger partial charge in [-0.3, -0.25) is 0 Å². The van der Waals surface area contributed by atoms with Gasteiger partial charge in [0.15, 0.2) is 0 Å². The van der Waals surface area contributed by atoms with E-state index in [9.17, 15) is 0 Å². The summed E-state index contributed by atoms with van der Waals surface area (Å²) in [6.45, 7) is 6.44. The zero-order valence-electron chi connectivity index (χ0n) is 31.0. The van der Waals surface area contributed by atoms with E-state index in [2.05, 4.69) is 154 Å². The maximum Gasteiger partial charge on any atom is 0.206 e. The van der Waals surface area contributed by atoms with Crippen molar-refractivity contribution >= 4 is 15.4 Å². The highest BCUT2D eigenvalue weighted by Crippen LogP contribution is 2.65. The molecular weight excluding hydrogens is 689 g/mol. The van der Waals surface area contributed by atoms with Crippen LogP contribution in [0.3, 0.4) is 0 Å². The number of hydrogen-bond acceptors (Lipinski definition) is 2. The quantitative estimate of drug-likeness (QED) is 0.181. The molecule has 11 rings (SSSR count). The van der Waals surface area contributed by atoms with Crippen LogP contribution in [-0.2, 0) is 20.7 Å². The van der Waals surface area contributed by atoms with Gasteiger partial charge >= 0.3 is 0 Å². The second-order valence-corrected chi connectivity index (χ2v) is 17.3. The zero-order valence-corrected chi connectivity index (χ0v) is 31.8. The lowest BCUT2D eigenvalue weighted by Gasteiger charge is -2.32. The maximum absolute atomic E-state index is 15.3. The van der Waals surface area contributed by atoms with Crippen LogP contribution in [0, 0.1) is 6.92 Å². The van der Waals surface area contributed by atoms with Crippen LogP contribution in [0.25, 0.3) is 39.0 Å². The summed E-state index contributed by atoms with van der Waals surface area (Å²) in [6.07, 6.45) is 5.17. The van der Waals surface area contributed by atoms with Gasteiger partial charge in [-0.25, -0.2) is 8.42 Å². The predicted octanol–water partition coefficient (Wildman–Crippen LogP) is 12.2. The minimum absolute atomic E-state index is 0.314. The molecule has 0 amide bonds. The molecule has 0 radical (unpaired) electrons. The van der Waals surface area contributed by atoms with Gasteiger partial charge in [0.05, 0.1) is 20.6 Å². The molecule has 1 unspecified atom stereocenters. The first-order valence-corrected chi connectivity index (χ1v) is 20.8. The molecule has 7 aromatic rings. The standard InChI is InChI=1S/C52H38O2S/c1-4-14-35-36-15-6-10-19-44(36)51(43(35)5-2)45-20-11-9-18-39(45)41-27-24-33(30-49(41)51)55(53,54)34-25-28-42-40-26-23-32(3)29-48(40)52(50(42)31-34)46-21-12-7-16-37(46)38-17-8-13-22-47(38)52/h4,6-31H,5H2,1-3H3/b14-4-. The van der Waals surface area contributed by atoms with Crippen LogP contribution in [0.2, 0.25) is 0 Å². The van der Waals surface area contributed by atoms with Crippen molar-refractivity contribution in [3.8, 4) is 33.4 Å². The Labute approximate surface area is 323 Å². The average Bonchev–Trinajstić information content (AvgIpc) is 3.89. The van der Waals surface area contributed by atoms with Crippen molar-refractivity contribution in [2.45, 2.75) is 47.8 Å². The molecule has 0 fully saturated rings. The molecule has 264 valence electrons. The first-order chi connectivity index (χ1) is 26.9. The fourth-order valence-electron chi connectivity index (χ4n) is 11.0. The van der Waals surface area contributed by atoms with Crippen molar-refractivity contribution < 1.29 is 8.42 Å². The van der Waals surface area contributed by atoms with E-state index in [0.29, 0.717) is 9.79 Å². The molecule has 1 atom stereocenters. The number of fused-ring (bicyclic) bond motifs is 17. The van der Waals surface area contributed by atoms with E-state index in [0.717, 1.165) is 39.8 Å². The number of hydrogen-bond donors (Lipinski definition) is 0. The van der Waals surface area contributed by atoms with Crippen molar-refractivity contribution in [3.63, 3.8) is 0 Å². The fraction of sp³-hybridized carbons (Fsp3) is 0.115. The van der Waals surface area contributed by atoms with Crippen LogP contribution >= 0.6 is 0 Å². The molecule has 2 spiro atoms. The normalized spacial score (nSPS) is 17.7. The van der Waals surface area contributed by atoms with Crippen molar-refractivity contribution in [1.82, 2.24) is 0 Å². The SMILES string of the molecule is C/C=C\C1=C(CC)C2(c3ccccc31)c1ccccc1-c1ccc(S(=O)(=O)c3ccc4c(c3)C3(c5ccccc5-c5ccccc53)c3cc(C)ccc3-4)cc12. The summed E-state index contributed by atoms with van der Waals surface area (Å²) in [5.74, 6) is 0. The first-order valence-electron chi connectivity index (χ1n) is 19.3. The number of allylic oxidation sites excluding steroid dienone is 4. The Balaban J connectivity index is 1.15. The molecule has 0 aliphatic heterocycles. The van der Waals surface area contributed by atoms with Crippen molar-refractivity contribution in [2.75, 3.05) is 0 Å². The minimum Gasteiger partial charge on any atom is -0.219 e. The van der Waals surface area contributed by atoms with E-state index >= 15 is 8.42 Å². The molecule has 0 saturated carbocycles.